The lowest BCUT2D eigenvalue weighted by Crippen LogP contribution is -2.30. The Morgan fingerprint density at radius 3 is 2.55 bits per heavy atom. The number of aromatic amines is 1. The molecule has 5 rings (SSSR count). The van der Waals surface area contributed by atoms with Crippen LogP contribution < -0.4 is 20.3 Å². The van der Waals surface area contributed by atoms with E-state index < -0.39 is 5.92 Å². The fraction of sp³-hybridized carbons (Fsp3) is 0.250. The number of nitrogens with one attached hydrogen (secondary N) is 2. The monoisotopic (exact) mass is 417 g/mol. The molecule has 158 valence electrons. The van der Waals surface area contributed by atoms with Crippen LogP contribution in [0.25, 0.3) is 5.69 Å². The minimum Gasteiger partial charge on any atom is -0.497 e. The Morgan fingerprint density at radius 2 is 1.81 bits per heavy atom. The quantitative estimate of drug-likeness (QED) is 0.675. The molecule has 2 aromatic carbocycles. The molecule has 0 saturated heterocycles. The van der Waals surface area contributed by atoms with Gasteiger partial charge in [0.05, 0.1) is 31.4 Å². The maximum atomic E-state index is 13.6. The van der Waals surface area contributed by atoms with Crippen LogP contribution in [0.15, 0.2) is 64.6 Å². The van der Waals surface area contributed by atoms with Crippen LogP contribution in [0.1, 0.15) is 36.3 Å². The number of H-pyrrole nitrogens is 1. The first-order chi connectivity index (χ1) is 15.1. The molecule has 7 nitrogen and oxygen atoms in total. The molecule has 0 radical (unpaired) electrons. The highest BCUT2D eigenvalue weighted by atomic mass is 16.5. The third-order valence-corrected chi connectivity index (χ3v) is 6.00. The van der Waals surface area contributed by atoms with Crippen molar-refractivity contribution >= 4 is 11.6 Å². The van der Waals surface area contributed by atoms with Crippen molar-refractivity contribution < 1.29 is 14.3 Å². The van der Waals surface area contributed by atoms with Gasteiger partial charge in [0.15, 0.2) is 5.78 Å². The molecule has 1 atom stereocenters. The number of hydrogen-bond acceptors (Lipinski definition) is 5. The van der Waals surface area contributed by atoms with Crippen LogP contribution in [0.5, 0.6) is 11.5 Å². The fourth-order valence-corrected chi connectivity index (χ4v) is 4.57. The molecule has 1 aliphatic heterocycles. The average molecular weight is 417 g/mol. The lowest BCUT2D eigenvalue weighted by Gasteiger charge is -2.32. The third kappa shape index (κ3) is 3.04. The van der Waals surface area contributed by atoms with Gasteiger partial charge in [0.25, 0.3) is 5.56 Å². The summed E-state index contributed by atoms with van der Waals surface area (Å²) in [4.78, 5) is 26.7. The summed E-state index contributed by atoms with van der Waals surface area (Å²) in [5.41, 5.74) is 3.27. The van der Waals surface area contributed by atoms with Crippen LogP contribution in [-0.4, -0.2) is 29.8 Å². The highest BCUT2D eigenvalue weighted by Gasteiger charge is 2.40. The minimum absolute atomic E-state index is 0.0566. The number of para-hydroxylation sites is 1. The molecule has 1 aliphatic carbocycles. The number of ether oxygens (including phenoxy) is 2. The number of hydrogen-bond donors (Lipinski definition) is 2. The topological polar surface area (TPSA) is 85.3 Å². The maximum absolute atomic E-state index is 13.6. The minimum atomic E-state index is -0.544. The van der Waals surface area contributed by atoms with E-state index >= 15 is 0 Å². The van der Waals surface area contributed by atoms with Gasteiger partial charge >= 0.3 is 0 Å². The smallest absolute Gasteiger partial charge is 0.277 e. The van der Waals surface area contributed by atoms with Gasteiger partial charge in [0.2, 0.25) is 0 Å². The summed E-state index contributed by atoms with van der Waals surface area (Å²) in [6.07, 6.45) is 2.00. The zero-order valence-corrected chi connectivity index (χ0v) is 17.4. The molecule has 7 heteroatoms. The zero-order valence-electron chi connectivity index (χ0n) is 17.4. The predicted molar refractivity (Wildman–Crippen MR) is 117 cm³/mol. The Hall–Kier alpha value is -3.74. The van der Waals surface area contributed by atoms with Crippen molar-refractivity contribution in [3.05, 3.63) is 81.3 Å². The normalized spacial score (nSPS) is 17.6. The molecular formula is C24H23N3O4. The Bertz CT molecular complexity index is 1250. The number of ketones is 1. The first kappa shape index (κ1) is 19.2. The Balaban J connectivity index is 1.79. The number of aromatic nitrogens is 2. The molecular weight excluding hydrogens is 394 g/mol. The van der Waals surface area contributed by atoms with Crippen molar-refractivity contribution in [3.8, 4) is 17.2 Å². The van der Waals surface area contributed by atoms with Gasteiger partial charge in [-0.1, -0.05) is 18.2 Å². The van der Waals surface area contributed by atoms with Gasteiger partial charge in [-0.25, -0.2) is 4.68 Å². The number of Topliss-reactive ketones (excluding diaryl/α,β-unsaturated/α-hetero) is 1. The van der Waals surface area contributed by atoms with Gasteiger partial charge in [-0.3, -0.25) is 14.7 Å². The number of nitrogens with zero attached hydrogens (tertiary/aromatic N) is 1. The summed E-state index contributed by atoms with van der Waals surface area (Å²) in [6, 6.07) is 14.9. The van der Waals surface area contributed by atoms with E-state index in [4.69, 9.17) is 9.47 Å². The van der Waals surface area contributed by atoms with E-state index in [1.807, 2.05) is 48.5 Å². The van der Waals surface area contributed by atoms with Crippen LogP contribution in [-0.2, 0) is 4.79 Å². The molecule has 0 bridgehead atoms. The Labute approximate surface area is 179 Å². The average Bonchev–Trinajstić information content (AvgIpc) is 3.14. The highest BCUT2D eigenvalue weighted by Crippen LogP contribution is 2.46. The predicted octanol–water partition coefficient (Wildman–Crippen LogP) is 3.75. The Morgan fingerprint density at radius 1 is 1.00 bits per heavy atom. The van der Waals surface area contributed by atoms with E-state index in [1.165, 1.54) is 4.68 Å². The first-order valence-corrected chi connectivity index (χ1v) is 10.3. The van der Waals surface area contributed by atoms with E-state index in [2.05, 4.69) is 10.4 Å². The van der Waals surface area contributed by atoms with E-state index in [9.17, 15) is 9.59 Å². The van der Waals surface area contributed by atoms with Crippen LogP contribution in [0.4, 0.5) is 5.82 Å². The molecule has 0 amide bonds. The first-order valence-electron chi connectivity index (χ1n) is 10.3. The number of rotatable bonds is 4. The van der Waals surface area contributed by atoms with Gasteiger partial charge in [-0.05, 0) is 43.2 Å². The molecule has 0 spiro atoms. The number of methoxy groups -OCH3 is 2. The Kier molecular flexibility index (Phi) is 4.66. The summed E-state index contributed by atoms with van der Waals surface area (Å²) < 4.78 is 12.6. The summed E-state index contributed by atoms with van der Waals surface area (Å²) in [5, 5.41) is 6.54. The van der Waals surface area contributed by atoms with Crippen LogP contribution in [0, 0.1) is 0 Å². The largest absolute Gasteiger partial charge is 0.497 e. The van der Waals surface area contributed by atoms with Gasteiger partial charge in [-0.15, -0.1) is 0 Å². The third-order valence-electron chi connectivity index (χ3n) is 6.00. The van der Waals surface area contributed by atoms with E-state index in [0.717, 1.165) is 29.8 Å². The van der Waals surface area contributed by atoms with E-state index in [-0.39, 0.29) is 11.3 Å². The molecule has 2 heterocycles. The van der Waals surface area contributed by atoms with Crippen molar-refractivity contribution in [1.82, 2.24) is 9.78 Å². The van der Waals surface area contributed by atoms with Crippen molar-refractivity contribution in [3.63, 3.8) is 0 Å². The van der Waals surface area contributed by atoms with Gasteiger partial charge < -0.3 is 14.8 Å². The van der Waals surface area contributed by atoms with E-state index in [1.54, 1.807) is 14.2 Å². The van der Waals surface area contributed by atoms with Crippen molar-refractivity contribution in [2.75, 3.05) is 19.5 Å². The highest BCUT2D eigenvalue weighted by molar-refractivity contribution is 6.01. The number of carbonyl (C=O) groups excluding carboxylic acids is 1. The summed E-state index contributed by atoms with van der Waals surface area (Å²) in [6.45, 7) is 0. The standard InChI is InChI=1S/C24H23N3O4/c1-30-15-11-12-19(31-2)16(13-15)20-21-17(9-6-10-18(21)28)25-23-22(20)24(29)27(26-23)14-7-4-3-5-8-14/h3-5,7-8,11-13,20,25-26H,6,9-10H2,1-2H3/t20-/m1/s1. The fourth-order valence-electron chi connectivity index (χ4n) is 4.57. The lowest BCUT2D eigenvalue weighted by molar-refractivity contribution is -0.116. The van der Waals surface area contributed by atoms with E-state index in [0.29, 0.717) is 34.9 Å². The van der Waals surface area contributed by atoms with Gasteiger partial charge in [0.1, 0.15) is 17.3 Å². The second kappa shape index (κ2) is 7.50. The zero-order chi connectivity index (χ0) is 21.5. The SMILES string of the molecule is COc1ccc(OC)c([C@@H]2C3=C(CCCC3=O)Nc3[nH]n(-c4ccccc4)c(=O)c32)c1. The molecule has 31 heavy (non-hydrogen) atoms. The van der Waals surface area contributed by atoms with Crippen molar-refractivity contribution in [2.24, 2.45) is 0 Å². The van der Waals surface area contributed by atoms with Gasteiger partial charge in [0, 0.05) is 23.3 Å². The summed E-state index contributed by atoms with van der Waals surface area (Å²) >= 11 is 0. The summed E-state index contributed by atoms with van der Waals surface area (Å²) in [7, 11) is 3.18. The van der Waals surface area contributed by atoms with Crippen LogP contribution in [0.2, 0.25) is 0 Å². The van der Waals surface area contributed by atoms with Crippen molar-refractivity contribution in [2.45, 2.75) is 25.2 Å². The maximum Gasteiger partial charge on any atom is 0.277 e. The summed E-state index contributed by atoms with van der Waals surface area (Å²) in [5.74, 6) is 1.37. The molecule has 0 fully saturated rings. The van der Waals surface area contributed by atoms with Crippen molar-refractivity contribution in [1.29, 1.82) is 0 Å². The molecule has 2 N–H and O–H groups in total. The molecule has 0 saturated carbocycles. The molecule has 0 unspecified atom stereocenters. The van der Waals surface area contributed by atoms with Crippen LogP contribution >= 0.6 is 0 Å². The number of carbonyl (C=O) groups is 1. The number of fused-ring (bicyclic) bond motifs is 1. The van der Waals surface area contributed by atoms with Crippen LogP contribution in [0.3, 0.4) is 0 Å². The van der Waals surface area contributed by atoms with Gasteiger partial charge in [-0.2, -0.15) is 0 Å². The second-order valence-electron chi connectivity index (χ2n) is 7.71. The molecule has 1 aromatic heterocycles. The number of anilines is 1. The number of allylic oxidation sites excluding steroid dienone is 2. The second-order valence-corrected chi connectivity index (χ2v) is 7.71. The molecule has 2 aliphatic rings. The molecule has 3 aromatic rings. The number of benzene rings is 2. The lowest BCUT2D eigenvalue weighted by atomic mass is 9.76.